The van der Waals surface area contributed by atoms with Crippen molar-refractivity contribution >= 4 is 23.1 Å². The number of benzene rings is 3. The summed E-state index contributed by atoms with van der Waals surface area (Å²) in [6.45, 7) is 1.86. The summed E-state index contributed by atoms with van der Waals surface area (Å²) in [6.07, 6.45) is 0. The van der Waals surface area contributed by atoms with Crippen molar-refractivity contribution in [1.29, 1.82) is 0 Å². The second-order valence-electron chi connectivity index (χ2n) is 8.69. The summed E-state index contributed by atoms with van der Waals surface area (Å²) in [4.78, 5) is 43.4. The molecule has 0 aliphatic carbocycles. The number of hydrogen-bond acceptors (Lipinski definition) is 4. The van der Waals surface area contributed by atoms with Crippen LogP contribution in [0.1, 0.15) is 16.8 Å². The molecule has 0 bridgehead atoms. The van der Waals surface area contributed by atoms with Gasteiger partial charge in [-0.2, -0.15) is 0 Å². The van der Waals surface area contributed by atoms with Gasteiger partial charge in [-0.1, -0.05) is 42.5 Å². The van der Waals surface area contributed by atoms with E-state index in [9.17, 15) is 23.2 Å². The molecule has 7 nitrogen and oxygen atoms in total. The van der Waals surface area contributed by atoms with Gasteiger partial charge in [0.15, 0.2) is 0 Å². The lowest BCUT2D eigenvalue weighted by molar-refractivity contribution is -0.120. The Morgan fingerprint density at radius 2 is 1.49 bits per heavy atom. The van der Waals surface area contributed by atoms with Crippen molar-refractivity contribution in [1.82, 2.24) is 14.7 Å². The van der Waals surface area contributed by atoms with Gasteiger partial charge < -0.3 is 4.90 Å². The van der Waals surface area contributed by atoms with Gasteiger partial charge >= 0.3 is 0 Å². The molecule has 3 aromatic carbocycles. The van der Waals surface area contributed by atoms with Crippen molar-refractivity contribution in [3.05, 3.63) is 123 Å². The number of imide groups is 1. The van der Waals surface area contributed by atoms with E-state index in [0.717, 1.165) is 16.5 Å². The van der Waals surface area contributed by atoms with E-state index in [2.05, 4.69) is 5.10 Å². The third-order valence-electron chi connectivity index (χ3n) is 6.20. The van der Waals surface area contributed by atoms with E-state index in [1.807, 2.05) is 30.3 Å². The minimum atomic E-state index is -0.810. The molecule has 1 aliphatic heterocycles. The fraction of sp³-hybridized carbons (Fsp3) is 0.107. The van der Waals surface area contributed by atoms with E-state index in [0.29, 0.717) is 11.4 Å². The number of nitrogens with zero attached hydrogens (tertiary/aromatic N) is 3. The maximum atomic E-state index is 14.7. The molecule has 0 spiro atoms. The molecule has 186 valence electrons. The predicted molar refractivity (Wildman–Crippen MR) is 135 cm³/mol. The molecule has 0 saturated heterocycles. The molecule has 0 fully saturated rings. The van der Waals surface area contributed by atoms with Gasteiger partial charge in [-0.15, -0.1) is 0 Å². The van der Waals surface area contributed by atoms with Crippen molar-refractivity contribution in [2.24, 2.45) is 0 Å². The molecule has 0 radical (unpaired) electrons. The summed E-state index contributed by atoms with van der Waals surface area (Å²) in [6, 6.07) is 20.0. The number of hydrogen-bond donors (Lipinski definition) is 1. The zero-order chi connectivity index (χ0) is 26.3. The van der Waals surface area contributed by atoms with Gasteiger partial charge in [-0.3, -0.25) is 19.5 Å². The molecule has 2 heterocycles. The second kappa shape index (κ2) is 9.34. The highest BCUT2D eigenvalue weighted by molar-refractivity contribution is 6.45. The number of nitrogens with one attached hydrogen (secondary N) is 1. The summed E-state index contributed by atoms with van der Waals surface area (Å²) in [7, 11) is 1.64. The smallest absolute Gasteiger partial charge is 0.282 e. The van der Waals surface area contributed by atoms with Crippen LogP contribution in [0.5, 0.6) is 0 Å². The Morgan fingerprint density at radius 3 is 2.16 bits per heavy atom. The van der Waals surface area contributed by atoms with E-state index >= 15 is 0 Å². The number of para-hydroxylation sites is 1. The largest absolute Gasteiger partial charge is 0.365 e. The number of H-pyrrole nitrogens is 1. The summed E-state index contributed by atoms with van der Waals surface area (Å²) in [5.41, 5.74) is 0.572. The fourth-order valence-electron chi connectivity index (χ4n) is 4.50. The molecular weight excluding hydrogens is 478 g/mol. The van der Waals surface area contributed by atoms with E-state index in [4.69, 9.17) is 0 Å². The van der Waals surface area contributed by atoms with Crippen LogP contribution in [0.15, 0.2) is 89.4 Å². The number of likely N-dealkylation sites (N-methyl/N-ethyl adjacent to an activating group) is 1. The first kappa shape index (κ1) is 23.9. The van der Waals surface area contributed by atoms with Gasteiger partial charge in [-0.05, 0) is 48.9 Å². The van der Waals surface area contributed by atoms with Crippen LogP contribution in [0.3, 0.4) is 0 Å². The molecule has 1 aromatic heterocycles. The average molecular weight is 501 g/mol. The minimum Gasteiger partial charge on any atom is -0.365 e. The quantitative estimate of drug-likeness (QED) is 0.403. The number of aromatic amines is 1. The van der Waals surface area contributed by atoms with E-state index in [1.165, 1.54) is 47.1 Å². The molecule has 37 heavy (non-hydrogen) atoms. The lowest BCUT2D eigenvalue weighted by atomic mass is 10.0. The van der Waals surface area contributed by atoms with Crippen LogP contribution in [0, 0.1) is 18.6 Å². The lowest BCUT2D eigenvalue weighted by Gasteiger charge is -2.21. The van der Waals surface area contributed by atoms with Crippen LogP contribution in [0.25, 0.3) is 11.3 Å². The van der Waals surface area contributed by atoms with Crippen LogP contribution in [0.4, 0.5) is 14.5 Å². The van der Waals surface area contributed by atoms with Crippen LogP contribution < -0.4 is 10.5 Å². The molecule has 5 rings (SSSR count). The predicted octanol–water partition coefficient (Wildman–Crippen LogP) is 4.17. The van der Waals surface area contributed by atoms with Crippen molar-refractivity contribution in [3.8, 4) is 5.69 Å². The highest BCUT2D eigenvalue weighted by atomic mass is 19.1. The average Bonchev–Trinajstić information content (AvgIpc) is 3.31. The van der Waals surface area contributed by atoms with Gasteiger partial charge in [0.25, 0.3) is 17.4 Å². The number of anilines is 1. The number of aryl methyl sites for hydroxylation is 1. The van der Waals surface area contributed by atoms with E-state index < -0.39 is 29.0 Å². The van der Waals surface area contributed by atoms with Crippen molar-refractivity contribution in [2.75, 3.05) is 11.9 Å². The van der Waals surface area contributed by atoms with Crippen molar-refractivity contribution in [2.45, 2.75) is 13.5 Å². The number of aromatic nitrogens is 2. The first-order chi connectivity index (χ1) is 17.8. The monoisotopic (exact) mass is 500 g/mol. The van der Waals surface area contributed by atoms with Gasteiger partial charge in [0.1, 0.15) is 17.3 Å². The van der Waals surface area contributed by atoms with Gasteiger partial charge in [-0.25, -0.2) is 18.4 Å². The van der Waals surface area contributed by atoms with Gasteiger partial charge in [0.2, 0.25) is 0 Å². The number of amides is 2. The molecular formula is C28H22F2N4O3. The SMILES string of the molecule is Cc1[nH]n(-c2ccc(F)cc2)c(=O)c1C1=C(N(C)Cc2ccccc2)C(=O)N(c2ccccc2F)C1=O. The topological polar surface area (TPSA) is 78.4 Å². The molecule has 1 aliphatic rings. The Bertz CT molecular complexity index is 1600. The first-order valence-corrected chi connectivity index (χ1v) is 11.5. The summed E-state index contributed by atoms with van der Waals surface area (Å²) < 4.78 is 29.4. The Morgan fingerprint density at radius 1 is 0.838 bits per heavy atom. The van der Waals surface area contributed by atoms with Crippen LogP contribution in [0.2, 0.25) is 0 Å². The highest BCUT2D eigenvalue weighted by Crippen LogP contribution is 2.35. The molecule has 1 N–H and O–H groups in total. The molecule has 0 saturated carbocycles. The maximum absolute atomic E-state index is 14.7. The van der Waals surface area contributed by atoms with Crippen LogP contribution >= 0.6 is 0 Å². The summed E-state index contributed by atoms with van der Waals surface area (Å²) in [5.74, 6) is -2.76. The lowest BCUT2D eigenvalue weighted by Crippen LogP contribution is -2.34. The van der Waals surface area contributed by atoms with Crippen molar-refractivity contribution < 1.29 is 18.4 Å². The first-order valence-electron chi connectivity index (χ1n) is 11.5. The highest BCUT2D eigenvalue weighted by Gasteiger charge is 2.44. The molecule has 4 aromatic rings. The Hall–Kier alpha value is -4.79. The van der Waals surface area contributed by atoms with Crippen molar-refractivity contribution in [3.63, 3.8) is 0 Å². The Kier molecular flexibility index (Phi) is 6.04. The van der Waals surface area contributed by atoms with E-state index in [1.54, 1.807) is 18.9 Å². The summed E-state index contributed by atoms with van der Waals surface area (Å²) in [5, 5.41) is 2.91. The minimum absolute atomic E-state index is 0.0172. The third kappa shape index (κ3) is 4.14. The maximum Gasteiger partial charge on any atom is 0.282 e. The standard InChI is InChI=1S/C28H22F2N4O3/c1-17-23(27(36)34(31-17)20-14-12-19(29)13-15-20)24-25(32(2)16-18-8-4-3-5-9-18)28(37)33(26(24)35)22-11-7-6-10-21(22)30/h3-15,31H,16H2,1-2H3. The second-order valence-corrected chi connectivity index (χ2v) is 8.69. The number of carbonyl (C=O) groups excluding carboxylic acids is 2. The van der Waals surface area contributed by atoms with Gasteiger partial charge in [0, 0.05) is 19.3 Å². The zero-order valence-electron chi connectivity index (χ0n) is 20.0. The normalized spacial score (nSPS) is 13.6. The van der Waals surface area contributed by atoms with Crippen LogP contribution in [-0.2, 0) is 16.1 Å². The Balaban J connectivity index is 1.69. The number of carbonyl (C=O) groups is 2. The molecule has 0 atom stereocenters. The van der Waals surface area contributed by atoms with Gasteiger partial charge in [0.05, 0.1) is 22.5 Å². The zero-order valence-corrected chi connectivity index (χ0v) is 20.0. The molecule has 2 amide bonds. The third-order valence-corrected chi connectivity index (χ3v) is 6.20. The van der Waals surface area contributed by atoms with E-state index in [-0.39, 0.29) is 29.1 Å². The van der Waals surface area contributed by atoms with Crippen LogP contribution in [-0.4, -0.2) is 33.5 Å². The Labute approximate surface area is 210 Å². The molecule has 0 unspecified atom stereocenters. The number of halogens is 2. The molecule has 9 heteroatoms. The fourth-order valence-corrected chi connectivity index (χ4v) is 4.50. The summed E-state index contributed by atoms with van der Waals surface area (Å²) >= 11 is 0. The number of rotatable bonds is 6.